The second kappa shape index (κ2) is 6.98. The quantitative estimate of drug-likeness (QED) is 0.908. The average Bonchev–Trinajstić information content (AvgIpc) is 3.37. The number of nitrogens with one attached hydrogen (secondary N) is 1. The molecule has 6 nitrogen and oxygen atoms in total. The maximum absolute atomic E-state index is 12.5. The summed E-state index contributed by atoms with van der Waals surface area (Å²) in [7, 11) is 0. The van der Waals surface area contributed by atoms with Crippen molar-refractivity contribution < 1.29 is 9.53 Å². The van der Waals surface area contributed by atoms with Gasteiger partial charge in [-0.05, 0) is 31.9 Å². The molecule has 1 saturated carbocycles. The Labute approximate surface area is 147 Å². The van der Waals surface area contributed by atoms with E-state index in [-0.39, 0.29) is 12.0 Å². The number of hydrogen-bond donors (Lipinski definition) is 1. The predicted molar refractivity (Wildman–Crippen MR) is 96.0 cm³/mol. The zero-order valence-corrected chi connectivity index (χ0v) is 14.5. The van der Waals surface area contributed by atoms with E-state index in [0.29, 0.717) is 19.1 Å². The molecule has 1 aromatic heterocycles. The largest absolute Gasteiger partial charge is 0.376 e. The second-order valence-corrected chi connectivity index (χ2v) is 6.94. The monoisotopic (exact) mass is 340 g/mol. The van der Waals surface area contributed by atoms with Crippen LogP contribution < -0.4 is 5.32 Å². The Morgan fingerprint density at radius 2 is 2.12 bits per heavy atom. The molecular formula is C19H24N4O2. The van der Waals surface area contributed by atoms with E-state index in [1.165, 1.54) is 12.8 Å². The van der Waals surface area contributed by atoms with Crippen molar-refractivity contribution in [1.29, 1.82) is 0 Å². The van der Waals surface area contributed by atoms with Crippen LogP contribution in [0.5, 0.6) is 0 Å². The number of nitrogens with zero attached hydrogens (tertiary/aromatic N) is 3. The highest BCUT2D eigenvalue weighted by molar-refractivity contribution is 5.91. The van der Waals surface area contributed by atoms with Gasteiger partial charge in [0, 0.05) is 25.1 Å². The average molecular weight is 340 g/mol. The lowest BCUT2D eigenvalue weighted by Crippen LogP contribution is -2.44. The highest BCUT2D eigenvalue weighted by atomic mass is 16.5. The van der Waals surface area contributed by atoms with Gasteiger partial charge in [0.05, 0.1) is 30.6 Å². The van der Waals surface area contributed by atoms with Crippen LogP contribution in [-0.4, -0.2) is 52.9 Å². The van der Waals surface area contributed by atoms with Crippen LogP contribution in [0.2, 0.25) is 0 Å². The van der Waals surface area contributed by atoms with Crippen LogP contribution in [0.1, 0.15) is 31.4 Å². The number of para-hydroxylation sites is 1. The summed E-state index contributed by atoms with van der Waals surface area (Å²) < 4.78 is 7.37. The molecule has 6 heteroatoms. The van der Waals surface area contributed by atoms with E-state index in [4.69, 9.17) is 9.84 Å². The Balaban J connectivity index is 1.50. The van der Waals surface area contributed by atoms with E-state index in [9.17, 15) is 4.79 Å². The lowest BCUT2D eigenvalue weighted by atomic mass is 10.3. The van der Waals surface area contributed by atoms with Gasteiger partial charge in [-0.1, -0.05) is 18.2 Å². The van der Waals surface area contributed by atoms with E-state index in [1.807, 2.05) is 48.0 Å². The first-order chi connectivity index (χ1) is 12.2. The fraction of sp³-hybridized carbons (Fsp3) is 0.474. The molecule has 0 radical (unpaired) electrons. The van der Waals surface area contributed by atoms with Gasteiger partial charge in [0.25, 0.3) is 0 Å². The number of carbonyl (C=O) groups is 1. The van der Waals surface area contributed by atoms with E-state index < -0.39 is 0 Å². The number of benzene rings is 1. The van der Waals surface area contributed by atoms with Gasteiger partial charge in [0.1, 0.15) is 5.82 Å². The molecule has 0 unspecified atom stereocenters. The number of carbonyl (C=O) groups excluding carboxylic acids is 1. The number of anilines is 1. The lowest BCUT2D eigenvalue weighted by Gasteiger charge is -2.30. The molecule has 2 aliphatic rings. The summed E-state index contributed by atoms with van der Waals surface area (Å²) in [6, 6.07) is 12.0. The number of aromatic nitrogens is 2. The van der Waals surface area contributed by atoms with Crippen LogP contribution in [-0.2, 0) is 9.53 Å². The maximum Gasteiger partial charge on any atom is 0.239 e. The molecule has 1 atom stereocenters. The number of rotatable bonds is 5. The van der Waals surface area contributed by atoms with Gasteiger partial charge in [-0.3, -0.25) is 9.69 Å². The van der Waals surface area contributed by atoms with Crippen LogP contribution in [0.25, 0.3) is 5.69 Å². The van der Waals surface area contributed by atoms with Crippen molar-refractivity contribution in [2.45, 2.75) is 31.8 Å². The Kier molecular flexibility index (Phi) is 4.55. The molecule has 132 valence electrons. The van der Waals surface area contributed by atoms with E-state index in [0.717, 1.165) is 30.3 Å². The molecule has 2 aromatic rings. The molecule has 25 heavy (non-hydrogen) atoms. The first-order valence-corrected chi connectivity index (χ1v) is 8.98. The molecule has 1 aliphatic carbocycles. The van der Waals surface area contributed by atoms with Gasteiger partial charge in [-0.15, -0.1) is 0 Å². The third kappa shape index (κ3) is 3.91. The minimum atomic E-state index is -0.00599. The van der Waals surface area contributed by atoms with Crippen molar-refractivity contribution in [2.24, 2.45) is 0 Å². The molecule has 1 saturated heterocycles. The van der Waals surface area contributed by atoms with Gasteiger partial charge >= 0.3 is 0 Å². The van der Waals surface area contributed by atoms with E-state index in [2.05, 4.69) is 10.2 Å². The number of ether oxygens (including phenoxy) is 1. The molecule has 1 N–H and O–H groups in total. The highest BCUT2D eigenvalue weighted by Gasteiger charge is 2.28. The molecule has 2 heterocycles. The molecule has 1 aliphatic heterocycles. The number of amides is 1. The molecule has 1 amide bonds. The minimum Gasteiger partial charge on any atom is -0.376 e. The zero-order chi connectivity index (χ0) is 17.2. The zero-order valence-electron chi connectivity index (χ0n) is 14.5. The topological polar surface area (TPSA) is 59.4 Å². The van der Waals surface area contributed by atoms with Gasteiger partial charge in [0.15, 0.2) is 0 Å². The van der Waals surface area contributed by atoms with Crippen molar-refractivity contribution in [3.05, 3.63) is 42.1 Å². The molecule has 0 spiro atoms. The molecule has 0 bridgehead atoms. The smallest absolute Gasteiger partial charge is 0.239 e. The van der Waals surface area contributed by atoms with Crippen LogP contribution in [0, 0.1) is 0 Å². The Morgan fingerprint density at radius 3 is 2.84 bits per heavy atom. The Bertz CT molecular complexity index is 739. The van der Waals surface area contributed by atoms with Gasteiger partial charge in [0.2, 0.25) is 5.91 Å². The summed E-state index contributed by atoms with van der Waals surface area (Å²) in [6.45, 7) is 4.69. The van der Waals surface area contributed by atoms with Gasteiger partial charge in [-0.2, -0.15) is 5.10 Å². The predicted octanol–water partition coefficient (Wildman–Crippen LogP) is 2.41. The first kappa shape index (κ1) is 16.3. The molecule has 2 fully saturated rings. The second-order valence-electron chi connectivity index (χ2n) is 6.94. The van der Waals surface area contributed by atoms with Crippen LogP contribution in [0.15, 0.2) is 36.4 Å². The van der Waals surface area contributed by atoms with Crippen molar-refractivity contribution >= 4 is 11.7 Å². The standard InChI is InChI=1S/C19H24N4O2/c1-14-12-22(9-10-25-14)13-19(24)20-18-11-17(15-7-8-15)21-23(18)16-5-3-2-4-6-16/h2-6,11,14-15H,7-10,12-13H2,1H3,(H,20,24)/t14-/m1/s1. The summed E-state index contributed by atoms with van der Waals surface area (Å²) >= 11 is 0. The Hall–Kier alpha value is -2.18. The minimum absolute atomic E-state index is 0.00599. The normalized spacial score (nSPS) is 21.2. The molecular weight excluding hydrogens is 316 g/mol. The van der Waals surface area contributed by atoms with E-state index in [1.54, 1.807) is 0 Å². The SMILES string of the molecule is C[C@@H]1CN(CC(=O)Nc2cc(C3CC3)nn2-c2ccccc2)CCO1. The van der Waals surface area contributed by atoms with Gasteiger partial charge < -0.3 is 10.1 Å². The molecule has 4 rings (SSSR count). The summed E-state index contributed by atoms with van der Waals surface area (Å²) in [5, 5.41) is 7.78. The fourth-order valence-corrected chi connectivity index (χ4v) is 3.25. The highest BCUT2D eigenvalue weighted by Crippen LogP contribution is 2.40. The van der Waals surface area contributed by atoms with Crippen LogP contribution >= 0.6 is 0 Å². The Morgan fingerprint density at radius 1 is 1.32 bits per heavy atom. The van der Waals surface area contributed by atoms with Crippen LogP contribution in [0.3, 0.4) is 0 Å². The number of morpholine rings is 1. The van der Waals surface area contributed by atoms with Crippen LogP contribution in [0.4, 0.5) is 5.82 Å². The van der Waals surface area contributed by atoms with E-state index >= 15 is 0 Å². The third-order valence-corrected chi connectivity index (χ3v) is 4.68. The summed E-state index contributed by atoms with van der Waals surface area (Å²) in [4.78, 5) is 14.7. The summed E-state index contributed by atoms with van der Waals surface area (Å²) in [6.07, 6.45) is 2.55. The lowest BCUT2D eigenvalue weighted by molar-refractivity contribution is -0.119. The summed E-state index contributed by atoms with van der Waals surface area (Å²) in [5.41, 5.74) is 2.03. The summed E-state index contributed by atoms with van der Waals surface area (Å²) in [5.74, 6) is 1.29. The van der Waals surface area contributed by atoms with Crippen molar-refractivity contribution in [2.75, 3.05) is 31.6 Å². The van der Waals surface area contributed by atoms with Crippen molar-refractivity contribution in [3.8, 4) is 5.69 Å². The molecule has 1 aromatic carbocycles. The number of hydrogen-bond acceptors (Lipinski definition) is 4. The van der Waals surface area contributed by atoms with Crippen molar-refractivity contribution in [3.63, 3.8) is 0 Å². The fourth-order valence-electron chi connectivity index (χ4n) is 3.25. The van der Waals surface area contributed by atoms with Crippen molar-refractivity contribution in [1.82, 2.24) is 14.7 Å². The van der Waals surface area contributed by atoms with Gasteiger partial charge in [-0.25, -0.2) is 4.68 Å². The first-order valence-electron chi connectivity index (χ1n) is 8.98. The maximum atomic E-state index is 12.5. The third-order valence-electron chi connectivity index (χ3n) is 4.68.